The average Bonchev–Trinajstić information content (AvgIpc) is 3.04. The van der Waals surface area contributed by atoms with Gasteiger partial charge in [0.15, 0.2) is 6.10 Å². The number of hydrogen-bond acceptors (Lipinski definition) is 4. The van der Waals surface area contributed by atoms with Gasteiger partial charge in [0.25, 0.3) is 5.91 Å². The number of rotatable bonds is 3. The van der Waals surface area contributed by atoms with Crippen molar-refractivity contribution in [3.8, 4) is 0 Å². The number of carbonyl (C=O) groups excluding carboxylic acids is 3. The monoisotopic (exact) mass is 339 g/mol. The Balaban J connectivity index is 1.96. The van der Waals surface area contributed by atoms with E-state index in [1.165, 1.54) is 19.2 Å². The summed E-state index contributed by atoms with van der Waals surface area (Å²) in [7, 11) is 1.40. The van der Waals surface area contributed by atoms with E-state index in [2.05, 4.69) is 5.32 Å². The maximum Gasteiger partial charge on any atom is 0.415 e. The fourth-order valence-corrected chi connectivity index (χ4v) is 2.86. The van der Waals surface area contributed by atoms with Gasteiger partial charge in [-0.1, -0.05) is 0 Å². The number of hydrogen-bond donors (Lipinski definition) is 1. The highest BCUT2D eigenvalue weighted by molar-refractivity contribution is 6.06. The smallest absolute Gasteiger partial charge is 0.415 e. The summed E-state index contributed by atoms with van der Waals surface area (Å²) in [5.74, 6) is -5.42. The summed E-state index contributed by atoms with van der Waals surface area (Å²) >= 11 is 0. The molecule has 1 atom stereocenters. The van der Waals surface area contributed by atoms with Crippen LogP contribution in [0.1, 0.15) is 12.5 Å². The van der Waals surface area contributed by atoms with Crippen LogP contribution in [0.25, 0.3) is 0 Å². The standard InChI is InChI=1S/C15H15F2N3O4/c1-3-19-10-5-4-8(6-9(10)15(16,17)13(19)22)20-7-11(12(21)18-2)24-14(20)23/h4-6,11H,3,7H2,1-2H3,(H,18,21). The molecule has 1 fully saturated rings. The van der Waals surface area contributed by atoms with Crippen LogP contribution in [0.15, 0.2) is 18.2 Å². The van der Waals surface area contributed by atoms with Gasteiger partial charge in [0.2, 0.25) is 0 Å². The topological polar surface area (TPSA) is 79.0 Å². The van der Waals surface area contributed by atoms with Crippen molar-refractivity contribution in [1.29, 1.82) is 0 Å². The Labute approximate surface area is 136 Å². The second-order valence-corrected chi connectivity index (χ2v) is 5.42. The van der Waals surface area contributed by atoms with E-state index in [-0.39, 0.29) is 24.5 Å². The third-order valence-corrected chi connectivity index (χ3v) is 4.10. The van der Waals surface area contributed by atoms with Crippen LogP contribution in [0.3, 0.4) is 0 Å². The lowest BCUT2D eigenvalue weighted by atomic mass is 10.1. The maximum absolute atomic E-state index is 14.2. The van der Waals surface area contributed by atoms with Gasteiger partial charge in [-0.2, -0.15) is 8.78 Å². The van der Waals surface area contributed by atoms with Gasteiger partial charge in [0.05, 0.1) is 17.8 Å². The Morgan fingerprint density at radius 3 is 2.75 bits per heavy atom. The predicted molar refractivity (Wildman–Crippen MR) is 80.0 cm³/mol. The Kier molecular flexibility index (Phi) is 3.66. The Morgan fingerprint density at radius 1 is 1.42 bits per heavy atom. The molecule has 2 heterocycles. The number of benzene rings is 1. The highest BCUT2D eigenvalue weighted by Crippen LogP contribution is 2.45. The van der Waals surface area contributed by atoms with Crippen molar-refractivity contribution >= 4 is 29.3 Å². The molecule has 0 aromatic heterocycles. The van der Waals surface area contributed by atoms with Crippen LogP contribution in [-0.2, 0) is 20.2 Å². The second kappa shape index (κ2) is 5.43. The van der Waals surface area contributed by atoms with E-state index in [0.717, 1.165) is 15.9 Å². The van der Waals surface area contributed by atoms with Crippen molar-refractivity contribution in [2.24, 2.45) is 0 Å². The van der Waals surface area contributed by atoms with Crippen LogP contribution in [0.4, 0.5) is 25.0 Å². The van der Waals surface area contributed by atoms with Crippen LogP contribution < -0.4 is 15.1 Å². The largest absolute Gasteiger partial charge is 0.434 e. The maximum atomic E-state index is 14.2. The fourth-order valence-electron chi connectivity index (χ4n) is 2.86. The lowest BCUT2D eigenvalue weighted by molar-refractivity contribution is -0.141. The molecule has 1 aromatic rings. The van der Waals surface area contributed by atoms with Crippen LogP contribution >= 0.6 is 0 Å². The molecule has 24 heavy (non-hydrogen) atoms. The van der Waals surface area contributed by atoms with Crippen LogP contribution in [0.2, 0.25) is 0 Å². The number of halogens is 2. The molecule has 0 saturated carbocycles. The summed E-state index contributed by atoms with van der Waals surface area (Å²) in [6, 6.07) is 3.91. The lowest BCUT2D eigenvalue weighted by Crippen LogP contribution is -2.35. The van der Waals surface area contributed by atoms with Crippen molar-refractivity contribution in [2.45, 2.75) is 19.0 Å². The SMILES string of the molecule is CCN1C(=O)C(F)(F)c2cc(N3CC(C(=O)NC)OC3=O)ccc21. The van der Waals surface area contributed by atoms with Crippen LogP contribution in [-0.4, -0.2) is 44.1 Å². The summed E-state index contributed by atoms with van der Waals surface area (Å²) in [5.41, 5.74) is -0.190. The van der Waals surface area contributed by atoms with Gasteiger partial charge in [-0.05, 0) is 25.1 Å². The van der Waals surface area contributed by atoms with Gasteiger partial charge in [-0.15, -0.1) is 0 Å². The fraction of sp³-hybridized carbons (Fsp3) is 0.400. The number of anilines is 2. The summed E-state index contributed by atoms with van der Waals surface area (Å²) in [6.45, 7) is 1.63. The predicted octanol–water partition coefficient (Wildman–Crippen LogP) is 1.22. The number of carbonyl (C=O) groups is 3. The number of amides is 3. The molecule has 128 valence electrons. The Bertz CT molecular complexity index is 737. The van der Waals surface area contributed by atoms with E-state index in [1.807, 2.05) is 0 Å². The lowest BCUT2D eigenvalue weighted by Gasteiger charge is -2.16. The first-order valence-corrected chi connectivity index (χ1v) is 7.35. The molecule has 2 aliphatic rings. The van der Waals surface area contributed by atoms with E-state index in [4.69, 9.17) is 4.74 Å². The highest BCUT2D eigenvalue weighted by atomic mass is 19.3. The quantitative estimate of drug-likeness (QED) is 0.898. The summed E-state index contributed by atoms with van der Waals surface area (Å²) in [6.07, 6.45) is -1.81. The molecule has 2 aliphatic heterocycles. The number of likely N-dealkylation sites (N-methyl/N-ethyl adjacent to an activating group) is 2. The minimum Gasteiger partial charge on any atom is -0.434 e. The third kappa shape index (κ3) is 2.19. The Hall–Kier alpha value is -2.71. The summed E-state index contributed by atoms with van der Waals surface area (Å²) < 4.78 is 33.3. The van der Waals surface area contributed by atoms with Gasteiger partial charge in [0.1, 0.15) is 0 Å². The van der Waals surface area contributed by atoms with Crippen LogP contribution in [0.5, 0.6) is 0 Å². The van der Waals surface area contributed by atoms with Crippen molar-refractivity contribution in [3.05, 3.63) is 23.8 Å². The van der Waals surface area contributed by atoms with Gasteiger partial charge in [0, 0.05) is 19.3 Å². The number of fused-ring (bicyclic) bond motifs is 1. The molecule has 1 unspecified atom stereocenters. The van der Waals surface area contributed by atoms with E-state index in [0.29, 0.717) is 0 Å². The van der Waals surface area contributed by atoms with Gasteiger partial charge >= 0.3 is 17.9 Å². The highest BCUT2D eigenvalue weighted by Gasteiger charge is 2.52. The zero-order chi connectivity index (χ0) is 17.6. The first kappa shape index (κ1) is 16.2. The molecule has 1 aromatic carbocycles. The molecule has 3 amide bonds. The second-order valence-electron chi connectivity index (χ2n) is 5.42. The summed E-state index contributed by atoms with van der Waals surface area (Å²) in [5, 5.41) is 2.36. The van der Waals surface area contributed by atoms with Gasteiger partial charge in [-0.25, -0.2) is 4.79 Å². The van der Waals surface area contributed by atoms with Crippen LogP contribution in [0, 0.1) is 0 Å². The number of nitrogens with one attached hydrogen (secondary N) is 1. The van der Waals surface area contributed by atoms with Gasteiger partial charge in [-0.3, -0.25) is 14.5 Å². The molecular weight excluding hydrogens is 324 g/mol. The Morgan fingerprint density at radius 2 is 2.12 bits per heavy atom. The number of nitrogens with zero attached hydrogens (tertiary/aromatic N) is 2. The molecule has 0 radical (unpaired) electrons. The average molecular weight is 339 g/mol. The van der Waals surface area contributed by atoms with Crippen molar-refractivity contribution in [2.75, 3.05) is 29.9 Å². The van der Waals surface area contributed by atoms with Crippen molar-refractivity contribution in [1.82, 2.24) is 5.32 Å². The van der Waals surface area contributed by atoms with Crippen molar-refractivity contribution < 1.29 is 27.9 Å². The zero-order valence-corrected chi connectivity index (χ0v) is 13.0. The van der Waals surface area contributed by atoms with Crippen molar-refractivity contribution in [3.63, 3.8) is 0 Å². The van der Waals surface area contributed by atoms with E-state index in [9.17, 15) is 23.2 Å². The van der Waals surface area contributed by atoms with Gasteiger partial charge < -0.3 is 15.0 Å². The molecular formula is C15H15F2N3O4. The van der Waals surface area contributed by atoms with E-state index in [1.54, 1.807) is 6.92 Å². The zero-order valence-electron chi connectivity index (χ0n) is 13.0. The first-order chi connectivity index (χ1) is 11.3. The van der Waals surface area contributed by atoms with E-state index < -0.39 is 35.5 Å². The number of ether oxygens (including phenoxy) is 1. The number of cyclic esters (lactones) is 1. The molecule has 3 rings (SSSR count). The summed E-state index contributed by atoms with van der Waals surface area (Å²) in [4.78, 5) is 37.4. The molecule has 7 nitrogen and oxygen atoms in total. The molecule has 1 saturated heterocycles. The normalized spacial score (nSPS) is 21.8. The molecule has 0 aliphatic carbocycles. The molecule has 9 heteroatoms. The minimum absolute atomic E-state index is 0.0890. The minimum atomic E-state index is -3.65. The first-order valence-electron chi connectivity index (χ1n) is 7.35. The number of alkyl halides is 2. The van der Waals surface area contributed by atoms with E-state index >= 15 is 0 Å². The molecule has 0 spiro atoms. The molecule has 1 N–H and O–H groups in total. The molecule has 0 bridgehead atoms. The third-order valence-electron chi connectivity index (χ3n) is 4.10.